The minimum absolute atomic E-state index is 0.0103. The normalized spacial score (nSPS) is 11.4. The summed E-state index contributed by atoms with van der Waals surface area (Å²) in [6.07, 6.45) is 2.83. The number of aromatic hydroxyl groups is 1. The van der Waals surface area contributed by atoms with Crippen molar-refractivity contribution in [2.45, 2.75) is 11.4 Å². The Labute approximate surface area is 318 Å². The summed E-state index contributed by atoms with van der Waals surface area (Å²) in [5.41, 5.74) is 2.37. The van der Waals surface area contributed by atoms with E-state index in [-0.39, 0.29) is 69.3 Å². The summed E-state index contributed by atoms with van der Waals surface area (Å²) in [7, 11) is -4.02. The first-order valence-corrected chi connectivity index (χ1v) is 18.5. The second-order valence-electron chi connectivity index (χ2n) is 12.5. The van der Waals surface area contributed by atoms with Gasteiger partial charge in [0.25, 0.3) is 11.8 Å². The molecule has 15 heteroatoms. The first-order chi connectivity index (χ1) is 27.0. The number of hydrogen-bond acceptors (Lipinski definition) is 10. The topological polar surface area (TPSA) is 218 Å². The van der Waals surface area contributed by atoms with Gasteiger partial charge in [-0.25, -0.2) is 27.9 Å². The van der Waals surface area contributed by atoms with Gasteiger partial charge in [-0.05, 0) is 59.7 Å². The van der Waals surface area contributed by atoms with Gasteiger partial charge in [0, 0.05) is 71.8 Å². The van der Waals surface area contributed by atoms with E-state index >= 15 is 0 Å². The summed E-state index contributed by atoms with van der Waals surface area (Å²) in [6.45, 7) is -0.274. The molecule has 0 radical (unpaired) electrons. The summed E-state index contributed by atoms with van der Waals surface area (Å²) in [5, 5.41) is 26.1. The Morgan fingerprint density at radius 2 is 1.48 bits per heavy atom. The Morgan fingerprint density at radius 3 is 2.25 bits per heavy atom. The molecule has 2 aliphatic rings. The minimum Gasteiger partial charge on any atom is -0.508 e. The molecule has 1 aliphatic carbocycles. The molecule has 5 N–H and O–H groups in total. The van der Waals surface area contributed by atoms with Gasteiger partial charge in [0.15, 0.2) is 11.3 Å². The van der Waals surface area contributed by atoms with Crippen molar-refractivity contribution < 1.29 is 37.4 Å². The van der Waals surface area contributed by atoms with Crippen molar-refractivity contribution in [2.24, 2.45) is 0 Å². The molecule has 0 fully saturated rings. The van der Waals surface area contributed by atoms with Gasteiger partial charge >= 0.3 is 5.97 Å². The fourth-order valence-corrected chi connectivity index (χ4v) is 7.17. The van der Waals surface area contributed by atoms with Crippen LogP contribution in [0.2, 0.25) is 0 Å². The lowest BCUT2D eigenvalue weighted by molar-refractivity contribution is 0.0697. The van der Waals surface area contributed by atoms with E-state index in [2.05, 4.69) is 25.3 Å². The highest BCUT2D eigenvalue weighted by atomic mass is 32.2. The van der Waals surface area contributed by atoms with Crippen LogP contribution in [0.5, 0.6) is 5.75 Å². The molecule has 1 aliphatic heterocycles. The number of carbonyl (C=O) groups excluding carboxylic acids is 2. The van der Waals surface area contributed by atoms with Crippen LogP contribution in [0.1, 0.15) is 36.6 Å². The van der Waals surface area contributed by atoms with Gasteiger partial charge < -0.3 is 25.3 Å². The highest BCUT2D eigenvalue weighted by Gasteiger charge is 2.23. The van der Waals surface area contributed by atoms with Crippen LogP contribution in [0.4, 0.5) is 0 Å². The van der Waals surface area contributed by atoms with Crippen LogP contribution in [0.25, 0.3) is 44.8 Å². The van der Waals surface area contributed by atoms with Gasteiger partial charge in [-0.1, -0.05) is 48.5 Å². The molecule has 5 aromatic rings. The number of aromatic nitrogens is 2. The lowest BCUT2D eigenvalue weighted by Gasteiger charge is -2.17. The van der Waals surface area contributed by atoms with Crippen molar-refractivity contribution in [1.29, 1.82) is 0 Å². The third-order valence-electron chi connectivity index (χ3n) is 8.77. The second-order valence-corrected chi connectivity index (χ2v) is 14.3. The van der Waals surface area contributed by atoms with Crippen molar-refractivity contribution in [1.82, 2.24) is 25.3 Å². The number of amides is 2. The molecule has 1 aromatic heterocycles. The van der Waals surface area contributed by atoms with Gasteiger partial charge in [0.05, 0.1) is 16.0 Å². The number of carbonyl (C=O) groups is 3. The van der Waals surface area contributed by atoms with Gasteiger partial charge in [-0.15, -0.1) is 0 Å². The molecule has 0 saturated carbocycles. The van der Waals surface area contributed by atoms with Crippen LogP contribution in [0.15, 0.2) is 136 Å². The largest absolute Gasteiger partial charge is 0.508 e. The van der Waals surface area contributed by atoms with Crippen molar-refractivity contribution in [2.75, 3.05) is 13.1 Å². The summed E-state index contributed by atoms with van der Waals surface area (Å²) in [5.74, 6) is -1.84. The summed E-state index contributed by atoms with van der Waals surface area (Å²) >= 11 is 0. The fraction of sp³-hybridized carbons (Fsp3) is 0.0732. The molecule has 0 atom stereocenters. The molecule has 2 amide bonds. The Bertz CT molecular complexity index is 2770. The van der Waals surface area contributed by atoms with Crippen LogP contribution >= 0.6 is 0 Å². The maximum atomic E-state index is 13.1. The Balaban J connectivity index is 0.985. The molecule has 0 unspecified atom stereocenters. The molecule has 280 valence electrons. The number of nitrogens with one attached hydrogen (secondary N) is 3. The van der Waals surface area contributed by atoms with Crippen LogP contribution in [0, 0.1) is 0 Å². The third-order valence-corrected chi connectivity index (χ3v) is 10.2. The molecule has 7 rings (SSSR count). The molecule has 0 saturated heterocycles. The summed E-state index contributed by atoms with van der Waals surface area (Å²) in [6, 6.07) is 27.9. The van der Waals surface area contributed by atoms with Crippen molar-refractivity contribution in [3.05, 3.63) is 154 Å². The quantitative estimate of drug-likeness (QED) is 0.0817. The van der Waals surface area contributed by atoms with Crippen molar-refractivity contribution >= 4 is 38.8 Å². The number of sulfonamides is 1. The van der Waals surface area contributed by atoms with Crippen molar-refractivity contribution in [3.8, 4) is 39.6 Å². The highest BCUT2D eigenvalue weighted by molar-refractivity contribution is 7.89. The summed E-state index contributed by atoms with van der Waals surface area (Å²) < 4.78 is 34.5. The third kappa shape index (κ3) is 7.99. The van der Waals surface area contributed by atoms with Crippen LogP contribution in [-0.2, 0) is 16.6 Å². The van der Waals surface area contributed by atoms with Crippen LogP contribution < -0.4 is 20.8 Å². The number of phenols is 1. The lowest BCUT2D eigenvalue weighted by Crippen LogP contribution is -2.34. The van der Waals surface area contributed by atoms with E-state index in [9.17, 15) is 37.8 Å². The number of hydrogen-bond donors (Lipinski definition) is 5. The first kappa shape index (κ1) is 37.1. The molecule has 4 aromatic carbocycles. The first-order valence-electron chi connectivity index (χ1n) is 17.1. The Morgan fingerprint density at radius 1 is 0.732 bits per heavy atom. The van der Waals surface area contributed by atoms with Gasteiger partial charge in [-0.3, -0.25) is 14.4 Å². The number of rotatable bonds is 12. The molecule has 0 bridgehead atoms. The van der Waals surface area contributed by atoms with Crippen LogP contribution in [0.3, 0.4) is 0 Å². The maximum Gasteiger partial charge on any atom is 0.336 e. The van der Waals surface area contributed by atoms with E-state index < -0.39 is 27.8 Å². The minimum atomic E-state index is -4.02. The average molecular weight is 770 g/mol. The fourth-order valence-electron chi connectivity index (χ4n) is 6.07. The van der Waals surface area contributed by atoms with E-state index in [1.165, 1.54) is 73.1 Å². The smallest absolute Gasteiger partial charge is 0.336 e. The zero-order valence-electron chi connectivity index (χ0n) is 29.2. The number of carboxylic acid groups (broad SMARTS) is 1. The number of fused-ring (bicyclic) bond motifs is 2. The predicted molar refractivity (Wildman–Crippen MR) is 206 cm³/mol. The molecular formula is C41H31N5O9S. The molecule has 56 heavy (non-hydrogen) atoms. The monoisotopic (exact) mass is 769 g/mol. The van der Waals surface area contributed by atoms with E-state index in [1.54, 1.807) is 18.2 Å². The molecule has 0 spiro atoms. The van der Waals surface area contributed by atoms with Crippen molar-refractivity contribution in [3.63, 3.8) is 0 Å². The van der Waals surface area contributed by atoms with Gasteiger partial charge in [-0.2, -0.15) is 0 Å². The Kier molecular flexibility index (Phi) is 10.4. The van der Waals surface area contributed by atoms with Gasteiger partial charge in [0.1, 0.15) is 17.1 Å². The highest BCUT2D eigenvalue weighted by Crippen LogP contribution is 2.42. The zero-order valence-corrected chi connectivity index (χ0v) is 30.0. The Hall–Kier alpha value is -7.23. The van der Waals surface area contributed by atoms with E-state index in [4.69, 9.17) is 4.42 Å². The number of phenolic OH excluding ortho intramolecular Hbond substituents is 1. The van der Waals surface area contributed by atoms with Crippen LogP contribution in [-0.4, -0.2) is 59.5 Å². The van der Waals surface area contributed by atoms with Gasteiger partial charge in [0.2, 0.25) is 10.0 Å². The molecule has 2 heterocycles. The summed E-state index contributed by atoms with van der Waals surface area (Å²) in [4.78, 5) is 58.9. The molecular weight excluding hydrogens is 739 g/mol. The zero-order chi connectivity index (χ0) is 39.4. The van der Waals surface area contributed by atoms with E-state index in [0.29, 0.717) is 27.9 Å². The van der Waals surface area contributed by atoms with E-state index in [1.807, 2.05) is 30.3 Å². The second kappa shape index (κ2) is 15.6. The number of carboxylic acids is 1. The number of nitrogens with zero attached hydrogens (tertiary/aromatic N) is 2. The standard InChI is InChI=1S/C41H31N5O9S/c47-28-10-13-32-35(19-28)55-36-20-29(48)11-14-33(36)37(32)31-12-9-26(18-34(31)41(51)52)39(49)42-15-16-46-56(53,54)30-8-4-5-24(17-30)21-45-40(50)27-22-43-38(44-23-27)25-6-2-1-3-7-25/h1-14,17-20,22-23,46-47H,15-16,21H2,(H,42,49)(H,45,50)(H,51,52). The lowest BCUT2D eigenvalue weighted by atomic mass is 9.90. The number of benzene rings is 5. The number of aromatic carboxylic acids is 1. The van der Waals surface area contributed by atoms with E-state index in [0.717, 1.165) is 5.56 Å². The SMILES string of the molecule is O=C(NCCNS(=O)(=O)c1cccc(CNC(=O)c2cnc(-c3ccccc3)nc2)c1)c1ccc(-c2c3ccc(=O)cc-3oc3cc(O)ccc23)c(C(=O)O)c1. The molecule has 14 nitrogen and oxygen atoms in total. The average Bonchev–Trinajstić information content (AvgIpc) is 3.20. The predicted octanol–water partition coefficient (Wildman–Crippen LogP) is 5.06. The maximum absolute atomic E-state index is 13.1.